The minimum atomic E-state index is -0.193. The average Bonchev–Trinajstić information content (AvgIpc) is 3.03. The largest absolute Gasteiger partial charge is 0.288 e. The van der Waals surface area contributed by atoms with E-state index in [0.29, 0.717) is 38.3 Å². The highest BCUT2D eigenvalue weighted by atomic mass is 35.5. The number of fused-ring (bicyclic) bond motifs is 1. The molecule has 0 aliphatic rings. The molecule has 148 valence electrons. The summed E-state index contributed by atoms with van der Waals surface area (Å²) in [5.41, 5.74) is 1.69. The third kappa shape index (κ3) is 3.41. The first kappa shape index (κ1) is 19.9. The van der Waals surface area contributed by atoms with Crippen molar-refractivity contribution in [2.24, 2.45) is 0 Å². The van der Waals surface area contributed by atoms with Crippen LogP contribution in [0.5, 0.6) is 0 Å². The lowest BCUT2D eigenvalue weighted by Gasteiger charge is -2.18. The first-order valence-corrected chi connectivity index (χ1v) is 10.0. The summed E-state index contributed by atoms with van der Waals surface area (Å²) in [6, 6.07) is 8.32. The van der Waals surface area contributed by atoms with E-state index < -0.39 is 0 Å². The normalized spacial score (nSPS) is 11.6. The van der Waals surface area contributed by atoms with E-state index in [1.54, 1.807) is 41.1 Å². The van der Waals surface area contributed by atoms with Gasteiger partial charge >= 0.3 is 0 Å². The standard InChI is InChI=1S/C20H16Cl3N5O/c1-10(2)27-19(25-17-11(3)7-12(21)8-13(17)20(27)29)15-9-16(23)26-28(15)18-14(22)5-4-6-24-18/h4-10H,1-3H3. The predicted octanol–water partition coefficient (Wildman–Crippen LogP) is 5.49. The Hall–Kier alpha value is -2.41. The van der Waals surface area contributed by atoms with Crippen molar-refractivity contribution in [1.82, 2.24) is 24.3 Å². The van der Waals surface area contributed by atoms with Crippen LogP contribution in [0.15, 0.2) is 41.3 Å². The molecule has 1 aromatic carbocycles. The zero-order valence-corrected chi connectivity index (χ0v) is 18.1. The highest BCUT2D eigenvalue weighted by Gasteiger charge is 2.22. The van der Waals surface area contributed by atoms with Gasteiger partial charge in [0.25, 0.3) is 5.56 Å². The third-order valence-corrected chi connectivity index (χ3v) is 5.22. The molecule has 0 saturated heterocycles. The van der Waals surface area contributed by atoms with Crippen molar-refractivity contribution in [2.75, 3.05) is 0 Å². The maximum Gasteiger partial charge on any atom is 0.261 e. The van der Waals surface area contributed by atoms with Gasteiger partial charge in [-0.3, -0.25) is 9.36 Å². The van der Waals surface area contributed by atoms with Crippen LogP contribution in [0.4, 0.5) is 0 Å². The molecular formula is C20H16Cl3N5O. The molecular weight excluding hydrogens is 433 g/mol. The molecule has 3 aromatic heterocycles. The van der Waals surface area contributed by atoms with E-state index in [1.165, 1.54) is 4.68 Å². The lowest BCUT2D eigenvalue weighted by Crippen LogP contribution is -2.26. The second-order valence-electron chi connectivity index (χ2n) is 6.90. The monoisotopic (exact) mass is 447 g/mol. The number of halogens is 3. The van der Waals surface area contributed by atoms with Gasteiger partial charge in [0.05, 0.1) is 15.9 Å². The summed E-state index contributed by atoms with van der Waals surface area (Å²) in [7, 11) is 0. The lowest BCUT2D eigenvalue weighted by molar-refractivity contribution is 0.578. The second kappa shape index (κ2) is 7.44. The number of benzene rings is 1. The van der Waals surface area contributed by atoms with Gasteiger partial charge in [-0.25, -0.2) is 14.6 Å². The van der Waals surface area contributed by atoms with Crippen molar-refractivity contribution in [3.63, 3.8) is 0 Å². The van der Waals surface area contributed by atoms with Crippen molar-refractivity contribution in [1.29, 1.82) is 0 Å². The molecule has 3 heterocycles. The Morgan fingerprint density at radius 3 is 2.55 bits per heavy atom. The number of aromatic nitrogens is 5. The van der Waals surface area contributed by atoms with Crippen LogP contribution in [-0.2, 0) is 0 Å². The molecule has 0 aliphatic heterocycles. The van der Waals surface area contributed by atoms with E-state index in [4.69, 9.17) is 39.8 Å². The summed E-state index contributed by atoms with van der Waals surface area (Å²) < 4.78 is 3.10. The molecule has 4 rings (SSSR count). The van der Waals surface area contributed by atoms with Crippen LogP contribution < -0.4 is 5.56 Å². The van der Waals surface area contributed by atoms with Crippen LogP contribution in [-0.4, -0.2) is 24.3 Å². The maximum absolute atomic E-state index is 13.4. The van der Waals surface area contributed by atoms with Crippen molar-refractivity contribution < 1.29 is 0 Å². The number of pyridine rings is 1. The smallest absolute Gasteiger partial charge is 0.261 e. The first-order valence-electron chi connectivity index (χ1n) is 8.87. The summed E-state index contributed by atoms with van der Waals surface area (Å²) in [5.74, 6) is 0.817. The minimum Gasteiger partial charge on any atom is -0.288 e. The molecule has 0 saturated carbocycles. The average molecular weight is 449 g/mol. The maximum atomic E-state index is 13.4. The fourth-order valence-electron chi connectivity index (χ4n) is 3.30. The molecule has 0 aliphatic carbocycles. The quantitative estimate of drug-likeness (QED) is 0.415. The van der Waals surface area contributed by atoms with E-state index in [9.17, 15) is 4.79 Å². The van der Waals surface area contributed by atoms with Crippen molar-refractivity contribution in [3.8, 4) is 17.3 Å². The van der Waals surface area contributed by atoms with Crippen LogP contribution in [0.2, 0.25) is 15.2 Å². The van der Waals surface area contributed by atoms with Gasteiger partial charge < -0.3 is 0 Å². The van der Waals surface area contributed by atoms with E-state index in [-0.39, 0.29) is 16.8 Å². The van der Waals surface area contributed by atoms with Gasteiger partial charge in [-0.1, -0.05) is 34.8 Å². The van der Waals surface area contributed by atoms with E-state index in [0.717, 1.165) is 5.56 Å². The molecule has 0 atom stereocenters. The molecule has 0 spiro atoms. The van der Waals surface area contributed by atoms with Crippen LogP contribution in [0.1, 0.15) is 25.5 Å². The molecule has 29 heavy (non-hydrogen) atoms. The van der Waals surface area contributed by atoms with Gasteiger partial charge in [0.1, 0.15) is 5.69 Å². The van der Waals surface area contributed by atoms with E-state index in [1.807, 2.05) is 20.8 Å². The fourth-order valence-corrected chi connectivity index (χ4v) is 3.95. The van der Waals surface area contributed by atoms with Crippen LogP contribution in [0.3, 0.4) is 0 Å². The number of nitrogens with zero attached hydrogens (tertiary/aromatic N) is 5. The van der Waals surface area contributed by atoms with Crippen LogP contribution in [0, 0.1) is 6.92 Å². The summed E-state index contributed by atoms with van der Waals surface area (Å²) in [4.78, 5) is 22.5. The second-order valence-corrected chi connectivity index (χ2v) is 8.13. The SMILES string of the molecule is Cc1cc(Cl)cc2c(=O)n(C(C)C)c(-c3cc(Cl)nn3-c3ncccc3Cl)nc12. The Balaban J connectivity index is 2.12. The van der Waals surface area contributed by atoms with E-state index >= 15 is 0 Å². The van der Waals surface area contributed by atoms with Crippen molar-refractivity contribution in [2.45, 2.75) is 26.8 Å². The van der Waals surface area contributed by atoms with Crippen molar-refractivity contribution >= 4 is 45.7 Å². The molecule has 6 nitrogen and oxygen atoms in total. The highest BCUT2D eigenvalue weighted by molar-refractivity contribution is 6.32. The summed E-state index contributed by atoms with van der Waals surface area (Å²) in [6.07, 6.45) is 1.61. The Bertz CT molecular complexity index is 1310. The zero-order valence-electron chi connectivity index (χ0n) is 15.8. The number of rotatable bonds is 3. The topological polar surface area (TPSA) is 65.6 Å². The fraction of sp³-hybridized carbons (Fsp3) is 0.200. The Morgan fingerprint density at radius 2 is 1.86 bits per heavy atom. The number of aryl methyl sites for hydroxylation is 1. The van der Waals surface area contributed by atoms with Gasteiger partial charge in [-0.15, -0.1) is 0 Å². The van der Waals surface area contributed by atoms with Crippen LogP contribution >= 0.6 is 34.8 Å². The van der Waals surface area contributed by atoms with Gasteiger partial charge in [-0.05, 0) is 50.6 Å². The number of hydrogen-bond donors (Lipinski definition) is 0. The van der Waals surface area contributed by atoms with E-state index in [2.05, 4.69) is 10.1 Å². The molecule has 0 fully saturated rings. The minimum absolute atomic E-state index is 0.171. The Morgan fingerprint density at radius 1 is 1.10 bits per heavy atom. The van der Waals surface area contributed by atoms with Crippen molar-refractivity contribution in [3.05, 3.63) is 67.6 Å². The molecule has 4 aromatic rings. The van der Waals surface area contributed by atoms with Crippen LogP contribution in [0.25, 0.3) is 28.2 Å². The van der Waals surface area contributed by atoms with Gasteiger partial charge in [0, 0.05) is 23.3 Å². The summed E-state index contributed by atoms with van der Waals surface area (Å²) >= 11 is 18.7. The molecule has 9 heteroatoms. The van der Waals surface area contributed by atoms with Gasteiger partial charge in [-0.2, -0.15) is 5.10 Å². The van der Waals surface area contributed by atoms with Gasteiger partial charge in [0.2, 0.25) is 0 Å². The summed E-state index contributed by atoms with van der Waals surface area (Å²) in [5, 5.41) is 5.91. The Kier molecular flexibility index (Phi) is 5.11. The first-order chi connectivity index (χ1) is 13.8. The molecule has 0 bridgehead atoms. The molecule has 0 N–H and O–H groups in total. The lowest BCUT2D eigenvalue weighted by atomic mass is 10.1. The predicted molar refractivity (Wildman–Crippen MR) is 117 cm³/mol. The third-order valence-electron chi connectivity index (χ3n) is 4.53. The van der Waals surface area contributed by atoms with Gasteiger partial charge in [0.15, 0.2) is 16.8 Å². The summed E-state index contributed by atoms with van der Waals surface area (Å²) in [6.45, 7) is 5.68. The zero-order chi connectivity index (χ0) is 20.9. The highest BCUT2D eigenvalue weighted by Crippen LogP contribution is 2.30. The number of hydrogen-bond acceptors (Lipinski definition) is 4. The Labute approximate surface area is 181 Å². The molecule has 0 radical (unpaired) electrons. The molecule has 0 amide bonds. The molecule has 0 unspecified atom stereocenters.